The van der Waals surface area contributed by atoms with E-state index in [4.69, 9.17) is 0 Å². The first-order chi connectivity index (χ1) is 25.0. The number of aliphatic hydroxyl groups is 1. The lowest BCUT2D eigenvalue weighted by molar-refractivity contribution is -0.132. The van der Waals surface area contributed by atoms with Gasteiger partial charge in [0.05, 0.1) is 12.4 Å². The molecule has 2 unspecified atom stereocenters. The SMILES string of the molecule is O=C(N[C@@H](Cc1cnc[nH]1)C(=O)NC(CC1CCCCC1)C(O)c1ncc[nH]1)C(Cc1cccc2ccccc12)Cc1cccc2ccccc12. The summed E-state index contributed by atoms with van der Waals surface area (Å²) in [5, 5.41) is 22.2. The molecule has 1 saturated carbocycles. The highest BCUT2D eigenvalue weighted by Crippen LogP contribution is 2.31. The van der Waals surface area contributed by atoms with Crippen molar-refractivity contribution in [2.45, 2.75) is 76.0 Å². The highest BCUT2D eigenvalue weighted by Gasteiger charge is 2.33. The van der Waals surface area contributed by atoms with Crippen LogP contribution >= 0.6 is 0 Å². The van der Waals surface area contributed by atoms with Crippen LogP contribution in [0.5, 0.6) is 0 Å². The van der Waals surface area contributed by atoms with E-state index in [1.807, 2.05) is 36.4 Å². The Morgan fingerprint density at radius 3 is 2.02 bits per heavy atom. The lowest BCUT2D eigenvalue weighted by Gasteiger charge is -2.31. The summed E-state index contributed by atoms with van der Waals surface area (Å²) >= 11 is 0. The number of fused-ring (bicyclic) bond motifs is 2. The van der Waals surface area contributed by atoms with Gasteiger partial charge in [0.25, 0.3) is 0 Å². The van der Waals surface area contributed by atoms with Crippen molar-refractivity contribution in [3.8, 4) is 0 Å². The summed E-state index contributed by atoms with van der Waals surface area (Å²) in [6, 6.07) is 27.4. The number of rotatable bonds is 14. The molecule has 9 heteroatoms. The van der Waals surface area contributed by atoms with Gasteiger partial charge in [0, 0.05) is 36.6 Å². The molecule has 0 radical (unpaired) electrons. The van der Waals surface area contributed by atoms with Crippen LogP contribution in [0.3, 0.4) is 0 Å². The minimum Gasteiger partial charge on any atom is -0.383 e. The number of carbonyl (C=O) groups is 2. The van der Waals surface area contributed by atoms with E-state index in [-0.39, 0.29) is 18.2 Å². The summed E-state index contributed by atoms with van der Waals surface area (Å²) in [6.07, 6.45) is 13.0. The molecule has 3 atom stereocenters. The van der Waals surface area contributed by atoms with Gasteiger partial charge < -0.3 is 25.7 Å². The van der Waals surface area contributed by atoms with Gasteiger partial charge in [0.1, 0.15) is 18.0 Å². The predicted octanol–water partition coefficient (Wildman–Crippen LogP) is 6.76. The number of carbonyl (C=O) groups excluding carboxylic acids is 2. The molecule has 2 aromatic heterocycles. The first-order valence-corrected chi connectivity index (χ1v) is 18.2. The number of H-pyrrole nitrogens is 2. The van der Waals surface area contributed by atoms with Crippen molar-refractivity contribution < 1.29 is 14.7 Å². The van der Waals surface area contributed by atoms with Crippen LogP contribution in [0.2, 0.25) is 0 Å². The topological polar surface area (TPSA) is 136 Å². The lowest BCUT2D eigenvalue weighted by atomic mass is 9.83. The number of amides is 2. The van der Waals surface area contributed by atoms with Crippen LogP contribution in [0, 0.1) is 11.8 Å². The Labute approximate surface area is 298 Å². The molecule has 1 aliphatic carbocycles. The molecule has 1 fully saturated rings. The minimum atomic E-state index is -1.01. The molecular weight excluding hydrogens is 637 g/mol. The Balaban J connectivity index is 1.18. The lowest BCUT2D eigenvalue weighted by Crippen LogP contribution is -2.53. The quantitative estimate of drug-likeness (QED) is 0.0866. The fourth-order valence-electron chi connectivity index (χ4n) is 7.81. The number of aromatic amines is 2. The van der Waals surface area contributed by atoms with Gasteiger partial charge in [-0.15, -0.1) is 0 Å². The van der Waals surface area contributed by atoms with Crippen LogP contribution in [0.4, 0.5) is 0 Å². The number of imidazole rings is 2. The Morgan fingerprint density at radius 1 is 0.765 bits per heavy atom. The average molecular weight is 683 g/mol. The summed E-state index contributed by atoms with van der Waals surface area (Å²) in [4.78, 5) is 43.5. The van der Waals surface area contributed by atoms with Crippen LogP contribution in [-0.4, -0.2) is 48.9 Å². The Bertz CT molecular complexity index is 1950. The van der Waals surface area contributed by atoms with Gasteiger partial charge in [0.2, 0.25) is 11.8 Å². The highest BCUT2D eigenvalue weighted by molar-refractivity contribution is 5.91. The van der Waals surface area contributed by atoms with Crippen LogP contribution in [-0.2, 0) is 28.9 Å². The third kappa shape index (κ3) is 8.37. The van der Waals surface area contributed by atoms with E-state index in [1.54, 1.807) is 24.9 Å². The maximum Gasteiger partial charge on any atom is 0.243 e. The third-order valence-electron chi connectivity index (χ3n) is 10.5. The second kappa shape index (κ2) is 16.2. The van der Waals surface area contributed by atoms with Crippen LogP contribution in [0.1, 0.15) is 67.3 Å². The second-order valence-corrected chi connectivity index (χ2v) is 14.0. The second-order valence-electron chi connectivity index (χ2n) is 14.0. The average Bonchev–Trinajstić information content (AvgIpc) is 3.90. The van der Waals surface area contributed by atoms with Gasteiger partial charge in [-0.25, -0.2) is 9.97 Å². The largest absolute Gasteiger partial charge is 0.383 e. The zero-order chi connectivity index (χ0) is 35.0. The fraction of sp³-hybridized carbons (Fsp3) is 0.333. The maximum absolute atomic E-state index is 14.6. The molecule has 262 valence electrons. The van der Waals surface area contributed by atoms with E-state index in [1.165, 1.54) is 6.42 Å². The Morgan fingerprint density at radius 2 is 1.41 bits per heavy atom. The molecule has 51 heavy (non-hydrogen) atoms. The van der Waals surface area contributed by atoms with Gasteiger partial charge in [0.15, 0.2) is 0 Å². The molecule has 0 bridgehead atoms. The standard InChI is InChI=1S/C42H46N6O3/c49-39(40-44-20-21-45-40)37(22-28-10-2-1-3-11-28)47-42(51)38(25-34-26-43-27-46-34)48-41(50)33(23-31-16-8-14-29-12-4-6-18-35(29)31)24-32-17-9-15-30-13-5-7-19-36(30)32/h4-9,12-21,26-28,33,37-39,49H,1-3,10-11,22-25H2,(H,43,46)(H,44,45)(H,47,51)(H,48,50)/t37?,38-,39?/m0/s1. The summed E-state index contributed by atoms with van der Waals surface area (Å²) in [6.45, 7) is 0. The zero-order valence-electron chi connectivity index (χ0n) is 28.8. The van der Waals surface area contributed by atoms with Gasteiger partial charge >= 0.3 is 0 Å². The fourth-order valence-corrected chi connectivity index (χ4v) is 7.81. The summed E-state index contributed by atoms with van der Waals surface area (Å²) in [5.74, 6) is -0.217. The number of aromatic nitrogens is 4. The van der Waals surface area contributed by atoms with Gasteiger partial charge in [-0.1, -0.05) is 117 Å². The van der Waals surface area contributed by atoms with Crippen LogP contribution in [0.15, 0.2) is 110 Å². The first kappa shape index (κ1) is 34.2. The molecule has 4 aromatic carbocycles. The Hall–Kier alpha value is -5.28. The molecule has 0 saturated heterocycles. The van der Waals surface area contributed by atoms with Crippen molar-refractivity contribution in [1.82, 2.24) is 30.6 Å². The van der Waals surface area contributed by atoms with Gasteiger partial charge in [-0.3, -0.25) is 9.59 Å². The smallest absolute Gasteiger partial charge is 0.243 e. The molecule has 5 N–H and O–H groups in total. The molecule has 2 heterocycles. The van der Waals surface area contributed by atoms with E-state index in [9.17, 15) is 14.7 Å². The number of benzene rings is 4. The van der Waals surface area contributed by atoms with E-state index < -0.39 is 24.1 Å². The zero-order valence-corrected chi connectivity index (χ0v) is 28.8. The molecule has 1 aliphatic rings. The number of hydrogen-bond acceptors (Lipinski definition) is 5. The van der Waals surface area contributed by atoms with Crippen molar-refractivity contribution in [1.29, 1.82) is 0 Å². The van der Waals surface area contributed by atoms with Crippen molar-refractivity contribution >= 4 is 33.4 Å². The molecule has 0 spiro atoms. The summed E-state index contributed by atoms with van der Waals surface area (Å²) in [7, 11) is 0. The molecular formula is C42H46N6O3. The number of nitrogens with zero attached hydrogens (tertiary/aromatic N) is 2. The monoisotopic (exact) mass is 682 g/mol. The molecule has 7 rings (SSSR count). The van der Waals surface area contributed by atoms with Crippen molar-refractivity contribution in [2.24, 2.45) is 11.8 Å². The summed E-state index contributed by atoms with van der Waals surface area (Å²) in [5.41, 5.74) is 2.89. The first-order valence-electron chi connectivity index (χ1n) is 18.2. The van der Waals surface area contributed by atoms with Gasteiger partial charge in [-0.2, -0.15) is 0 Å². The van der Waals surface area contributed by atoms with E-state index in [0.717, 1.165) is 64.0 Å². The van der Waals surface area contributed by atoms with E-state index in [2.05, 4.69) is 79.1 Å². The van der Waals surface area contributed by atoms with Crippen LogP contribution < -0.4 is 10.6 Å². The van der Waals surface area contributed by atoms with Crippen molar-refractivity contribution in [2.75, 3.05) is 0 Å². The van der Waals surface area contributed by atoms with Crippen molar-refractivity contribution in [3.05, 3.63) is 132 Å². The predicted molar refractivity (Wildman–Crippen MR) is 200 cm³/mol. The minimum absolute atomic E-state index is 0.203. The maximum atomic E-state index is 14.6. The normalized spacial score (nSPS) is 15.5. The molecule has 0 aliphatic heterocycles. The van der Waals surface area contributed by atoms with Crippen LogP contribution in [0.25, 0.3) is 21.5 Å². The van der Waals surface area contributed by atoms with Crippen molar-refractivity contribution in [3.63, 3.8) is 0 Å². The van der Waals surface area contributed by atoms with E-state index >= 15 is 0 Å². The third-order valence-corrected chi connectivity index (χ3v) is 10.5. The summed E-state index contributed by atoms with van der Waals surface area (Å²) < 4.78 is 0. The highest BCUT2D eigenvalue weighted by atomic mass is 16.3. The van der Waals surface area contributed by atoms with Gasteiger partial charge in [-0.05, 0) is 57.9 Å². The number of hydrogen-bond donors (Lipinski definition) is 5. The molecule has 2 amide bonds. The Kier molecular flexibility index (Phi) is 10.8. The number of nitrogens with one attached hydrogen (secondary N) is 4. The molecule has 6 aromatic rings. The van der Waals surface area contributed by atoms with E-state index in [0.29, 0.717) is 31.0 Å². The molecule has 9 nitrogen and oxygen atoms in total. The number of aliphatic hydroxyl groups excluding tert-OH is 1.